The van der Waals surface area contributed by atoms with E-state index in [0.717, 1.165) is 25.7 Å². The molecular weight excluding hydrogens is 368 g/mol. The quantitative estimate of drug-likeness (QED) is 0.278. The predicted molar refractivity (Wildman–Crippen MR) is 112 cm³/mol. The molecule has 156 valence electrons. The fourth-order valence-corrected chi connectivity index (χ4v) is 4.23. The van der Waals surface area contributed by atoms with Crippen LogP contribution in [0.2, 0.25) is 0 Å². The Balaban J connectivity index is 1.59. The molecule has 0 saturated carbocycles. The molecule has 2 aliphatic rings. The average molecular weight is 399 g/mol. The van der Waals surface area contributed by atoms with Gasteiger partial charge in [0.15, 0.2) is 0 Å². The number of benzene rings is 1. The van der Waals surface area contributed by atoms with Gasteiger partial charge in [0.1, 0.15) is 0 Å². The Bertz CT molecular complexity index is 747. The van der Waals surface area contributed by atoms with Gasteiger partial charge in [0.05, 0.1) is 12.2 Å². The average Bonchev–Trinajstić information content (AvgIpc) is 3.33. The summed E-state index contributed by atoms with van der Waals surface area (Å²) in [5, 5.41) is 14.8. The minimum atomic E-state index is -0.748. The number of allylic oxidation sites excluding steroid dienone is 2. The predicted octanol–water partition coefficient (Wildman–Crippen LogP) is 4.13. The van der Waals surface area contributed by atoms with Crippen LogP contribution in [-0.2, 0) is 9.53 Å². The van der Waals surface area contributed by atoms with Crippen molar-refractivity contribution in [3.8, 4) is 0 Å². The highest BCUT2D eigenvalue weighted by molar-refractivity contribution is 5.94. The van der Waals surface area contributed by atoms with Gasteiger partial charge in [-0.25, -0.2) is 5.01 Å². The van der Waals surface area contributed by atoms with E-state index in [1.807, 2.05) is 31.3 Å². The fourth-order valence-electron chi connectivity index (χ4n) is 4.23. The van der Waals surface area contributed by atoms with Crippen LogP contribution in [0.5, 0.6) is 0 Å². The van der Waals surface area contributed by atoms with Crippen LogP contribution in [0.25, 0.3) is 0 Å². The van der Waals surface area contributed by atoms with Crippen molar-refractivity contribution in [3.63, 3.8) is 0 Å². The zero-order chi connectivity index (χ0) is 20.6. The zero-order valence-corrected chi connectivity index (χ0v) is 16.9. The van der Waals surface area contributed by atoms with E-state index in [9.17, 15) is 9.59 Å². The third-order valence-corrected chi connectivity index (χ3v) is 5.76. The number of unbranched alkanes of at least 4 members (excludes halogenated alkanes) is 1. The zero-order valence-electron chi connectivity index (χ0n) is 16.9. The molecule has 29 heavy (non-hydrogen) atoms. The first-order valence-electron chi connectivity index (χ1n) is 10.5. The van der Waals surface area contributed by atoms with Gasteiger partial charge >= 0.3 is 5.97 Å². The maximum absolute atomic E-state index is 12.7. The summed E-state index contributed by atoms with van der Waals surface area (Å²) in [6.07, 6.45) is 11.2. The second-order valence-corrected chi connectivity index (χ2v) is 7.68. The Morgan fingerprint density at radius 1 is 1.21 bits per heavy atom. The standard InChI is InChI=1S/C23H30N2O4/c1-2-25(23(28)17-10-6-5-7-11-17)24-16-19-18(20-14-15-21(19)29-20)12-8-3-4-9-13-22(26)27/h3,5-8,10-11,16,18-21H,2,4,9,12-15H2,1H3,(H,26,27)/b8-3-,24-16?/t18-,19+,20-,21+/m1/s1. The molecule has 1 amide bonds. The third kappa shape index (κ3) is 5.54. The van der Waals surface area contributed by atoms with Crippen LogP contribution in [0.4, 0.5) is 0 Å². The van der Waals surface area contributed by atoms with Gasteiger partial charge in [-0.15, -0.1) is 0 Å². The maximum Gasteiger partial charge on any atom is 0.303 e. The first kappa shape index (κ1) is 21.2. The molecular formula is C23H30N2O4. The van der Waals surface area contributed by atoms with Gasteiger partial charge in [-0.3, -0.25) is 9.59 Å². The topological polar surface area (TPSA) is 79.2 Å². The van der Waals surface area contributed by atoms with Crippen molar-refractivity contribution in [2.24, 2.45) is 16.9 Å². The second kappa shape index (κ2) is 10.3. The molecule has 6 nitrogen and oxygen atoms in total. The monoisotopic (exact) mass is 398 g/mol. The number of aliphatic carboxylic acids is 1. The van der Waals surface area contributed by atoms with Crippen LogP contribution in [0.3, 0.4) is 0 Å². The number of rotatable bonds is 10. The molecule has 0 unspecified atom stereocenters. The Labute approximate surface area is 172 Å². The minimum Gasteiger partial charge on any atom is -0.481 e. The molecule has 1 aromatic rings. The lowest BCUT2D eigenvalue weighted by Crippen LogP contribution is -2.31. The summed E-state index contributed by atoms with van der Waals surface area (Å²) in [4.78, 5) is 23.2. The number of nitrogens with zero attached hydrogens (tertiary/aromatic N) is 2. The van der Waals surface area contributed by atoms with Crippen molar-refractivity contribution in [3.05, 3.63) is 48.0 Å². The summed E-state index contributed by atoms with van der Waals surface area (Å²) in [5.74, 6) is -0.279. The highest BCUT2D eigenvalue weighted by Crippen LogP contribution is 2.44. The summed E-state index contributed by atoms with van der Waals surface area (Å²) < 4.78 is 6.11. The van der Waals surface area contributed by atoms with Crippen molar-refractivity contribution in [1.82, 2.24) is 5.01 Å². The largest absolute Gasteiger partial charge is 0.481 e. The lowest BCUT2D eigenvalue weighted by Gasteiger charge is -2.25. The molecule has 2 saturated heterocycles. The molecule has 3 rings (SSSR count). The van der Waals surface area contributed by atoms with Gasteiger partial charge in [0.25, 0.3) is 5.91 Å². The normalized spacial score (nSPS) is 25.8. The van der Waals surface area contributed by atoms with E-state index in [4.69, 9.17) is 9.84 Å². The summed E-state index contributed by atoms with van der Waals surface area (Å²) >= 11 is 0. The van der Waals surface area contributed by atoms with E-state index in [1.165, 1.54) is 5.01 Å². The summed E-state index contributed by atoms with van der Waals surface area (Å²) in [7, 11) is 0. The molecule has 2 heterocycles. The van der Waals surface area contributed by atoms with E-state index < -0.39 is 5.97 Å². The van der Waals surface area contributed by atoms with Crippen molar-refractivity contribution in [2.75, 3.05) is 6.54 Å². The second-order valence-electron chi connectivity index (χ2n) is 7.68. The first-order valence-corrected chi connectivity index (χ1v) is 10.5. The molecule has 0 radical (unpaired) electrons. The number of carbonyl (C=O) groups is 2. The van der Waals surface area contributed by atoms with Crippen LogP contribution in [0.15, 0.2) is 47.6 Å². The third-order valence-electron chi connectivity index (χ3n) is 5.76. The summed E-state index contributed by atoms with van der Waals surface area (Å²) in [6, 6.07) is 9.21. The molecule has 0 aromatic heterocycles. The number of ether oxygens (including phenoxy) is 1. The van der Waals surface area contributed by atoms with Crippen LogP contribution in [0, 0.1) is 11.8 Å². The molecule has 0 spiro atoms. The van der Waals surface area contributed by atoms with E-state index in [1.54, 1.807) is 12.1 Å². The molecule has 4 atom stereocenters. The lowest BCUT2D eigenvalue weighted by atomic mass is 9.78. The van der Waals surface area contributed by atoms with Crippen molar-refractivity contribution in [1.29, 1.82) is 0 Å². The molecule has 2 aliphatic heterocycles. The van der Waals surface area contributed by atoms with Gasteiger partial charge in [0.2, 0.25) is 0 Å². The molecule has 6 heteroatoms. The minimum absolute atomic E-state index is 0.0942. The Morgan fingerprint density at radius 3 is 2.69 bits per heavy atom. The molecule has 1 aromatic carbocycles. The number of hydrogen-bond donors (Lipinski definition) is 1. The van der Waals surface area contributed by atoms with Gasteiger partial charge in [0, 0.05) is 30.7 Å². The fraction of sp³-hybridized carbons (Fsp3) is 0.522. The highest BCUT2D eigenvalue weighted by Gasteiger charge is 2.47. The van der Waals surface area contributed by atoms with Crippen LogP contribution >= 0.6 is 0 Å². The van der Waals surface area contributed by atoms with Crippen molar-refractivity contribution >= 4 is 18.1 Å². The van der Waals surface area contributed by atoms with Crippen molar-refractivity contribution < 1.29 is 19.4 Å². The number of amides is 1. The summed E-state index contributed by atoms with van der Waals surface area (Å²) in [5.41, 5.74) is 0.636. The van der Waals surface area contributed by atoms with Crippen LogP contribution < -0.4 is 0 Å². The van der Waals surface area contributed by atoms with E-state index in [2.05, 4.69) is 17.3 Å². The van der Waals surface area contributed by atoms with E-state index in [-0.39, 0.29) is 30.5 Å². The van der Waals surface area contributed by atoms with Crippen LogP contribution in [0.1, 0.15) is 55.8 Å². The highest BCUT2D eigenvalue weighted by atomic mass is 16.5. The Hall–Kier alpha value is -2.47. The van der Waals surface area contributed by atoms with Crippen LogP contribution in [-0.4, -0.2) is 47.0 Å². The number of carboxylic acid groups (broad SMARTS) is 1. The molecule has 2 fully saturated rings. The first-order chi connectivity index (χ1) is 14.1. The Morgan fingerprint density at radius 2 is 1.97 bits per heavy atom. The number of fused-ring (bicyclic) bond motifs is 2. The maximum atomic E-state index is 12.7. The Kier molecular flexibility index (Phi) is 7.58. The number of hydrogen-bond acceptors (Lipinski definition) is 4. The number of carboxylic acids is 1. The summed E-state index contributed by atoms with van der Waals surface area (Å²) in [6.45, 7) is 2.44. The number of hydrazone groups is 1. The molecule has 2 bridgehead atoms. The smallest absolute Gasteiger partial charge is 0.303 e. The van der Waals surface area contributed by atoms with Gasteiger partial charge in [-0.1, -0.05) is 30.4 Å². The van der Waals surface area contributed by atoms with E-state index >= 15 is 0 Å². The van der Waals surface area contributed by atoms with E-state index in [0.29, 0.717) is 24.4 Å². The van der Waals surface area contributed by atoms with Gasteiger partial charge < -0.3 is 9.84 Å². The number of carbonyl (C=O) groups excluding carboxylic acids is 1. The van der Waals surface area contributed by atoms with Crippen molar-refractivity contribution in [2.45, 2.75) is 57.7 Å². The van der Waals surface area contributed by atoms with Gasteiger partial charge in [-0.2, -0.15) is 5.10 Å². The molecule has 0 aliphatic carbocycles. The lowest BCUT2D eigenvalue weighted by molar-refractivity contribution is -0.137. The van der Waals surface area contributed by atoms with Gasteiger partial charge in [-0.05, 0) is 57.1 Å². The SMILES string of the molecule is CCN(N=C[C@H]1[C@@H](C/C=C\CCCC(=O)O)[C@H]2CC[C@@H]1O2)C(=O)c1ccccc1. The molecule has 1 N–H and O–H groups in total.